The van der Waals surface area contributed by atoms with Gasteiger partial charge in [0, 0.05) is 22.7 Å². The van der Waals surface area contributed by atoms with Gasteiger partial charge in [0.15, 0.2) is 0 Å². The van der Waals surface area contributed by atoms with E-state index in [-0.39, 0.29) is 45.9 Å². The van der Waals surface area contributed by atoms with Crippen molar-refractivity contribution in [3.05, 3.63) is 114 Å². The standard InChI is InChI=1S/C19H31NO3Si.C16H21NO5.C15H19NO3.C10H17NO4.C9H15NO4/c1-18(2,3)24(6,7)14-19(4,5)17(20-23-13-16(21)22)15-11-9-8-10-12-15;1-4-21-15(20)16(3,10-13-8-6-5-7-9-13)12(2)17-22-11-14(18)19;1-15(2,3)13(16-19-11-14(17)18)10-9-12-7-5-4-6-8-12;1-7(12)5-8(10(2,3)4)11-15-6-9(13)14;1-6(9(3,4)7(2)11)10-14-5-8(12)13/h8-12H,13-14H2,1-7H3,(H,21,22);5-9H,4,10-11H2,1-3H3,(H,18,19);4-10H,11H2,1-3H3,(H,17,18);5-6H2,1-4H3,(H,13,14);5H2,1-4H3,(H,12,13)/b20-17+;17-12+;10-9+,16-13+;11-8+;10-6+. The molecule has 0 aliphatic carbocycles. The van der Waals surface area contributed by atoms with Gasteiger partial charge in [-0.05, 0) is 95.7 Å². The number of esters is 1. The fraction of sp³-hybridized carbons (Fsp3) is 0.522. The second kappa shape index (κ2) is 41.7. The number of hydrogen-bond donors (Lipinski definition) is 5. The molecule has 0 bridgehead atoms. The first-order chi connectivity index (χ1) is 43.2. The molecule has 1 unspecified atom stereocenters. The number of aliphatic carboxylic acids is 5. The van der Waals surface area contributed by atoms with Crippen molar-refractivity contribution in [3.8, 4) is 0 Å². The molecule has 0 fully saturated rings. The molecule has 1 atom stereocenters. The zero-order valence-corrected chi connectivity index (χ0v) is 59.9. The van der Waals surface area contributed by atoms with E-state index >= 15 is 0 Å². The summed E-state index contributed by atoms with van der Waals surface area (Å²) < 4.78 is 5.14. The minimum atomic E-state index is -1.55. The highest BCUT2D eigenvalue weighted by atomic mass is 28.3. The number of carboxylic acid groups (broad SMARTS) is 5. The summed E-state index contributed by atoms with van der Waals surface area (Å²) in [7, 11) is -1.55. The Morgan fingerprint density at radius 1 is 0.500 bits per heavy atom. The second-order valence-electron chi connectivity index (χ2n) is 26.7. The van der Waals surface area contributed by atoms with E-state index in [1.54, 1.807) is 41.5 Å². The molecule has 3 aromatic rings. The smallest absolute Gasteiger partial charge is 0.344 e. The summed E-state index contributed by atoms with van der Waals surface area (Å²) in [5.41, 5.74) is 3.42. The molecule has 25 heteroatoms. The Morgan fingerprint density at radius 3 is 1.28 bits per heavy atom. The predicted molar refractivity (Wildman–Crippen MR) is 367 cm³/mol. The molecular weight excluding hydrogens is 1230 g/mol. The normalized spacial score (nSPS) is 13.2. The van der Waals surface area contributed by atoms with Crippen LogP contribution >= 0.6 is 0 Å². The highest BCUT2D eigenvalue weighted by Crippen LogP contribution is 2.45. The van der Waals surface area contributed by atoms with Crippen molar-refractivity contribution in [1.82, 2.24) is 0 Å². The number of ketones is 2. The maximum Gasteiger partial charge on any atom is 0.344 e. The average molecular weight is 1330 g/mol. The van der Waals surface area contributed by atoms with E-state index in [0.29, 0.717) is 29.3 Å². The molecule has 0 aliphatic heterocycles. The molecule has 3 rings (SSSR count). The van der Waals surface area contributed by atoms with Crippen LogP contribution in [0.1, 0.15) is 155 Å². The quantitative estimate of drug-likeness (QED) is 0.0179. The minimum absolute atomic E-state index is 0.0254. The Labute approximate surface area is 555 Å². The number of hydrogen-bond acceptors (Lipinski definition) is 19. The number of oxime groups is 5. The summed E-state index contributed by atoms with van der Waals surface area (Å²) in [5.74, 6) is -5.86. The third-order valence-corrected chi connectivity index (χ3v) is 20.3. The van der Waals surface area contributed by atoms with E-state index in [1.165, 1.54) is 13.8 Å². The van der Waals surface area contributed by atoms with Crippen molar-refractivity contribution in [2.75, 3.05) is 39.6 Å². The summed E-state index contributed by atoms with van der Waals surface area (Å²) in [6.07, 6.45) is 4.34. The number of carbonyl (C=O) groups excluding carboxylic acids is 3. The average Bonchev–Trinajstić information content (AvgIpc) is 0.798. The van der Waals surface area contributed by atoms with Gasteiger partial charge in [0.25, 0.3) is 0 Å². The molecule has 0 saturated heterocycles. The lowest BCUT2D eigenvalue weighted by Gasteiger charge is -2.42. The number of carbonyl (C=O) groups is 8. The van der Waals surface area contributed by atoms with Gasteiger partial charge in [0.05, 0.1) is 48.7 Å². The summed E-state index contributed by atoms with van der Waals surface area (Å²) in [4.78, 5) is 110. The van der Waals surface area contributed by atoms with Gasteiger partial charge in [-0.2, -0.15) is 0 Å². The van der Waals surface area contributed by atoms with E-state index < -0.39 is 87.8 Å². The lowest BCUT2D eigenvalue weighted by molar-refractivity contribution is -0.150. The largest absolute Gasteiger partial charge is 0.479 e. The Bertz CT molecular complexity index is 3080. The number of Topliss-reactive ketones (excluding diaryl/α,β-unsaturated/α-hetero) is 2. The van der Waals surface area contributed by atoms with E-state index in [1.807, 2.05) is 145 Å². The van der Waals surface area contributed by atoms with Crippen molar-refractivity contribution in [3.63, 3.8) is 0 Å². The van der Waals surface area contributed by atoms with E-state index in [4.69, 9.17) is 44.8 Å². The molecule has 0 heterocycles. The molecule has 5 N–H and O–H groups in total. The van der Waals surface area contributed by atoms with Crippen LogP contribution in [0.5, 0.6) is 0 Å². The number of carboxylic acids is 5. The van der Waals surface area contributed by atoms with Gasteiger partial charge in [-0.15, -0.1) is 0 Å². The van der Waals surface area contributed by atoms with Crippen LogP contribution in [0.3, 0.4) is 0 Å². The number of benzene rings is 3. The molecule has 0 aliphatic rings. The van der Waals surface area contributed by atoms with Crippen LogP contribution in [-0.4, -0.2) is 149 Å². The van der Waals surface area contributed by atoms with Crippen LogP contribution in [0.15, 0.2) is 123 Å². The van der Waals surface area contributed by atoms with Crippen LogP contribution in [-0.2, 0) is 73.7 Å². The van der Waals surface area contributed by atoms with Crippen LogP contribution in [0.2, 0.25) is 24.2 Å². The summed E-state index contributed by atoms with van der Waals surface area (Å²) >= 11 is 0. The summed E-state index contributed by atoms with van der Waals surface area (Å²) in [6, 6.07) is 30.2. The topological polar surface area (TPSA) is 355 Å². The summed E-state index contributed by atoms with van der Waals surface area (Å²) in [6.45, 7) is 38.6. The van der Waals surface area contributed by atoms with Crippen molar-refractivity contribution in [2.24, 2.45) is 52.9 Å². The van der Waals surface area contributed by atoms with Crippen LogP contribution < -0.4 is 0 Å². The number of nitrogens with zero attached hydrogens (tertiary/aromatic N) is 5. The van der Waals surface area contributed by atoms with Crippen LogP contribution in [0.25, 0.3) is 6.08 Å². The monoisotopic (exact) mass is 1330 g/mol. The third kappa shape index (κ3) is 37.0. The zero-order chi connectivity index (χ0) is 72.9. The molecule has 24 nitrogen and oxygen atoms in total. The van der Waals surface area contributed by atoms with Gasteiger partial charge in [-0.25, -0.2) is 24.0 Å². The summed E-state index contributed by atoms with van der Waals surface area (Å²) in [5, 5.41) is 62.0. The molecular formula is C69H103N5O19Si. The Kier molecular flexibility index (Phi) is 38.6. The first-order valence-electron chi connectivity index (χ1n) is 30.2. The van der Waals surface area contributed by atoms with Gasteiger partial charge < -0.3 is 54.5 Å². The number of ether oxygens (including phenoxy) is 1. The first kappa shape index (κ1) is 87.2. The first-order valence-corrected chi connectivity index (χ1v) is 33.4. The van der Waals surface area contributed by atoms with E-state index in [9.17, 15) is 38.4 Å². The van der Waals surface area contributed by atoms with Gasteiger partial charge in [-0.1, -0.05) is 212 Å². The molecule has 522 valence electrons. The number of rotatable bonds is 30. The molecule has 0 radical (unpaired) electrons. The van der Waals surface area contributed by atoms with Crippen LogP contribution in [0, 0.1) is 27.1 Å². The molecule has 0 spiro atoms. The Balaban J connectivity index is 0. The SMILES string of the molecule is CC(=O)C(C)(C)/C(C)=N/OCC(=O)O.CC(=O)C/C(=N\OCC(=O)O)C(C)(C)C.CC(C)(C)C(/C=C/c1ccccc1)=N/OCC(=O)O.CC(C)(C[Si](C)(C)C(C)(C)C)/C(=N/OCC(=O)O)c1ccccc1.CCOC(=O)C(C)(Cc1ccccc1)/C(C)=N/OCC(=O)O. The highest BCUT2D eigenvalue weighted by Gasteiger charge is 2.42. The van der Waals surface area contributed by atoms with Crippen molar-refractivity contribution in [1.29, 1.82) is 0 Å². The van der Waals surface area contributed by atoms with Crippen LogP contribution in [0.4, 0.5) is 0 Å². The van der Waals surface area contributed by atoms with E-state index in [2.05, 4.69) is 83.2 Å². The molecule has 0 amide bonds. The Morgan fingerprint density at radius 2 is 0.894 bits per heavy atom. The van der Waals surface area contributed by atoms with Gasteiger partial charge >= 0.3 is 35.8 Å². The lowest BCUT2D eigenvalue weighted by atomic mass is 9.79. The molecule has 94 heavy (non-hydrogen) atoms. The minimum Gasteiger partial charge on any atom is -0.479 e. The predicted octanol–water partition coefficient (Wildman–Crippen LogP) is 13.1. The maximum atomic E-state index is 12.3. The maximum absolute atomic E-state index is 12.3. The van der Waals surface area contributed by atoms with Crippen molar-refractivity contribution < 1.29 is 92.8 Å². The molecule has 0 aromatic heterocycles. The Hall–Kier alpha value is -8.87. The lowest BCUT2D eigenvalue weighted by Crippen LogP contribution is -2.43. The molecule has 0 saturated carbocycles. The zero-order valence-electron chi connectivity index (χ0n) is 58.9. The second-order valence-corrected chi connectivity index (χ2v) is 32.3. The number of allylic oxidation sites excluding steroid dienone is 1. The third-order valence-electron chi connectivity index (χ3n) is 14.4. The molecule has 3 aromatic carbocycles. The van der Waals surface area contributed by atoms with Crippen molar-refractivity contribution >= 4 is 90.1 Å². The van der Waals surface area contributed by atoms with Gasteiger partial charge in [0.1, 0.15) is 17.0 Å². The van der Waals surface area contributed by atoms with Crippen molar-refractivity contribution in [2.45, 2.75) is 169 Å². The highest BCUT2D eigenvalue weighted by molar-refractivity contribution is 6.80. The van der Waals surface area contributed by atoms with Gasteiger partial charge in [0.2, 0.25) is 33.0 Å². The fourth-order valence-corrected chi connectivity index (χ4v) is 10.3. The fourth-order valence-electron chi connectivity index (χ4n) is 7.40. The van der Waals surface area contributed by atoms with E-state index in [0.717, 1.165) is 28.4 Å². The van der Waals surface area contributed by atoms with Gasteiger partial charge in [-0.3, -0.25) is 14.4 Å².